The van der Waals surface area contributed by atoms with Gasteiger partial charge >= 0.3 is 6.09 Å². The van der Waals surface area contributed by atoms with Gasteiger partial charge in [-0.2, -0.15) is 5.26 Å². The number of rotatable bonds is 6. The van der Waals surface area contributed by atoms with E-state index in [-0.39, 0.29) is 28.5 Å². The van der Waals surface area contributed by atoms with Gasteiger partial charge in [0.25, 0.3) is 0 Å². The molecule has 2 aromatic rings. The summed E-state index contributed by atoms with van der Waals surface area (Å²) in [5.41, 5.74) is 1.01. The number of aryl methyl sites for hydroxylation is 1. The van der Waals surface area contributed by atoms with Gasteiger partial charge in [0, 0.05) is 30.9 Å². The standard InChI is InChI=1S/C23H26BrFN4O3S/c1-23(2,3)32-22(31)29-9-7-14(11-29)27-19-15-10-13(6-5-8-26)17(24)18(25)20(15)28-21(33-4)16(19)12-30/h10,12,14H,5-7,9,11H2,1-4H3,(H,27,28). The lowest BCUT2D eigenvalue weighted by Crippen LogP contribution is -2.36. The van der Waals surface area contributed by atoms with Crippen molar-refractivity contribution in [2.45, 2.75) is 56.7 Å². The number of ether oxygens (including phenoxy) is 1. The number of nitriles is 1. The van der Waals surface area contributed by atoms with Gasteiger partial charge in [-0.15, -0.1) is 11.8 Å². The molecule has 0 spiro atoms. The zero-order valence-electron chi connectivity index (χ0n) is 19.0. The summed E-state index contributed by atoms with van der Waals surface area (Å²) < 4.78 is 21.0. The van der Waals surface area contributed by atoms with E-state index >= 15 is 4.39 Å². The van der Waals surface area contributed by atoms with Crippen LogP contribution >= 0.6 is 27.7 Å². The van der Waals surface area contributed by atoms with Crippen LogP contribution in [0.3, 0.4) is 0 Å². The molecular formula is C23H26BrFN4O3S. The Kier molecular flexibility index (Phi) is 7.85. The number of pyridine rings is 1. The van der Waals surface area contributed by atoms with Crippen molar-refractivity contribution in [3.05, 3.63) is 27.5 Å². The smallest absolute Gasteiger partial charge is 0.410 e. The summed E-state index contributed by atoms with van der Waals surface area (Å²) in [6.45, 7) is 6.35. The second kappa shape index (κ2) is 10.3. The number of nitrogens with one attached hydrogen (secondary N) is 1. The molecule has 33 heavy (non-hydrogen) atoms. The van der Waals surface area contributed by atoms with E-state index in [1.807, 2.05) is 20.8 Å². The second-order valence-electron chi connectivity index (χ2n) is 8.80. The Balaban J connectivity index is 2.02. The van der Waals surface area contributed by atoms with Crippen LogP contribution in [0.2, 0.25) is 0 Å². The van der Waals surface area contributed by atoms with E-state index in [4.69, 9.17) is 10.00 Å². The molecule has 1 aromatic heterocycles. The van der Waals surface area contributed by atoms with Crippen LogP contribution in [-0.2, 0) is 11.2 Å². The Morgan fingerprint density at radius 1 is 1.52 bits per heavy atom. The average Bonchev–Trinajstić information content (AvgIpc) is 3.23. The number of fused-ring (bicyclic) bond motifs is 1. The maximum Gasteiger partial charge on any atom is 0.410 e. The third kappa shape index (κ3) is 5.58. The van der Waals surface area contributed by atoms with Gasteiger partial charge in [0.05, 0.1) is 21.8 Å². The number of nitrogens with zero attached hydrogens (tertiary/aromatic N) is 3. The van der Waals surface area contributed by atoms with Crippen molar-refractivity contribution in [1.82, 2.24) is 9.88 Å². The third-order valence-corrected chi connectivity index (χ3v) is 6.80. The first-order chi connectivity index (χ1) is 15.6. The summed E-state index contributed by atoms with van der Waals surface area (Å²) in [7, 11) is 0. The molecule has 1 fully saturated rings. The Morgan fingerprint density at radius 2 is 2.24 bits per heavy atom. The third-order valence-electron chi connectivity index (χ3n) is 5.24. The first-order valence-corrected chi connectivity index (χ1v) is 12.6. The maximum absolute atomic E-state index is 15.3. The van der Waals surface area contributed by atoms with E-state index in [2.05, 4.69) is 32.3 Å². The molecule has 1 atom stereocenters. The number of amides is 1. The largest absolute Gasteiger partial charge is 0.444 e. The summed E-state index contributed by atoms with van der Waals surface area (Å²) >= 11 is 4.55. The van der Waals surface area contributed by atoms with Crippen molar-refractivity contribution in [3.63, 3.8) is 0 Å². The van der Waals surface area contributed by atoms with Gasteiger partial charge in [0.2, 0.25) is 0 Å². The predicted molar refractivity (Wildman–Crippen MR) is 130 cm³/mol. The highest BCUT2D eigenvalue weighted by atomic mass is 79.9. The fraction of sp³-hybridized carbons (Fsp3) is 0.478. The highest BCUT2D eigenvalue weighted by Gasteiger charge is 2.31. The lowest BCUT2D eigenvalue weighted by atomic mass is 10.0. The van der Waals surface area contributed by atoms with Gasteiger partial charge in [-0.05, 0) is 67.4 Å². The number of anilines is 1. The Labute approximate surface area is 205 Å². The molecule has 10 heteroatoms. The molecule has 1 amide bonds. The average molecular weight is 537 g/mol. The zero-order valence-corrected chi connectivity index (χ0v) is 21.4. The molecule has 0 radical (unpaired) electrons. The van der Waals surface area contributed by atoms with Crippen molar-refractivity contribution in [1.29, 1.82) is 5.26 Å². The minimum atomic E-state index is -0.591. The number of aromatic nitrogens is 1. The van der Waals surface area contributed by atoms with Crippen LogP contribution in [0, 0.1) is 17.1 Å². The highest BCUT2D eigenvalue weighted by Crippen LogP contribution is 2.38. The lowest BCUT2D eigenvalue weighted by molar-refractivity contribution is 0.0293. The number of halogens is 2. The number of carbonyl (C=O) groups is 2. The lowest BCUT2D eigenvalue weighted by Gasteiger charge is -2.25. The molecular weight excluding hydrogens is 511 g/mol. The van der Waals surface area contributed by atoms with E-state index in [9.17, 15) is 9.59 Å². The van der Waals surface area contributed by atoms with Crippen LogP contribution in [-0.4, -0.2) is 53.3 Å². The summed E-state index contributed by atoms with van der Waals surface area (Å²) in [6.07, 6.45) is 3.35. The molecule has 0 bridgehead atoms. The summed E-state index contributed by atoms with van der Waals surface area (Å²) in [5, 5.41) is 13.2. The SMILES string of the molecule is CSc1nc2c(F)c(Br)c(CCC#N)cc2c(NC2CCN(C(=O)OC(C)(C)C)C2)c1C=O. The predicted octanol–water partition coefficient (Wildman–Crippen LogP) is 5.55. The van der Waals surface area contributed by atoms with Crippen molar-refractivity contribution in [3.8, 4) is 6.07 Å². The quantitative estimate of drug-likeness (QED) is 0.382. The van der Waals surface area contributed by atoms with Crippen LogP contribution in [0.5, 0.6) is 0 Å². The van der Waals surface area contributed by atoms with Gasteiger partial charge < -0.3 is 15.0 Å². The Hall–Kier alpha value is -2.38. The van der Waals surface area contributed by atoms with Crippen molar-refractivity contribution in [2.24, 2.45) is 0 Å². The zero-order chi connectivity index (χ0) is 24.3. The molecule has 3 rings (SSSR count). The molecule has 1 aliphatic heterocycles. The first kappa shape index (κ1) is 25.2. The normalized spacial score (nSPS) is 16.0. The Morgan fingerprint density at radius 3 is 2.85 bits per heavy atom. The number of likely N-dealkylation sites (tertiary alicyclic amines) is 1. The van der Waals surface area contributed by atoms with Gasteiger partial charge in [0.15, 0.2) is 12.1 Å². The molecule has 1 unspecified atom stereocenters. The summed E-state index contributed by atoms with van der Waals surface area (Å²) in [4.78, 5) is 30.5. The van der Waals surface area contributed by atoms with Gasteiger partial charge in [0.1, 0.15) is 16.1 Å². The number of benzene rings is 1. The van der Waals surface area contributed by atoms with E-state index in [0.717, 1.165) is 6.29 Å². The van der Waals surface area contributed by atoms with Crippen LogP contribution in [0.25, 0.3) is 10.9 Å². The number of hydrogen-bond donors (Lipinski definition) is 1. The number of carbonyl (C=O) groups excluding carboxylic acids is 2. The first-order valence-electron chi connectivity index (χ1n) is 10.5. The minimum Gasteiger partial charge on any atom is -0.444 e. The van der Waals surface area contributed by atoms with Crippen LogP contribution in [0.15, 0.2) is 15.6 Å². The molecule has 1 aliphatic rings. The van der Waals surface area contributed by atoms with E-state index in [0.29, 0.717) is 53.2 Å². The van der Waals surface area contributed by atoms with Gasteiger partial charge in [-0.1, -0.05) is 0 Å². The van der Waals surface area contributed by atoms with Crippen LogP contribution in [0.4, 0.5) is 14.9 Å². The van der Waals surface area contributed by atoms with E-state index in [1.165, 1.54) is 11.8 Å². The molecule has 2 heterocycles. The van der Waals surface area contributed by atoms with Crippen molar-refractivity contribution >= 4 is 56.7 Å². The number of thioether (sulfide) groups is 1. The maximum atomic E-state index is 15.3. The summed E-state index contributed by atoms with van der Waals surface area (Å²) in [6, 6.07) is 3.70. The number of hydrogen-bond acceptors (Lipinski definition) is 7. The fourth-order valence-corrected chi connectivity index (χ4v) is 4.80. The molecule has 0 aliphatic carbocycles. The fourth-order valence-electron chi connectivity index (χ4n) is 3.75. The molecule has 1 N–H and O–H groups in total. The molecule has 7 nitrogen and oxygen atoms in total. The van der Waals surface area contributed by atoms with Crippen molar-refractivity contribution in [2.75, 3.05) is 24.7 Å². The van der Waals surface area contributed by atoms with E-state index < -0.39 is 11.4 Å². The van der Waals surface area contributed by atoms with Crippen molar-refractivity contribution < 1.29 is 18.7 Å². The van der Waals surface area contributed by atoms with Crippen LogP contribution in [0.1, 0.15) is 49.5 Å². The molecule has 0 saturated carbocycles. The van der Waals surface area contributed by atoms with E-state index in [1.54, 1.807) is 17.2 Å². The molecule has 176 valence electrons. The number of aldehydes is 1. The second-order valence-corrected chi connectivity index (χ2v) is 10.4. The highest BCUT2D eigenvalue weighted by molar-refractivity contribution is 9.10. The monoisotopic (exact) mass is 536 g/mol. The summed E-state index contributed by atoms with van der Waals surface area (Å²) in [5.74, 6) is -0.530. The minimum absolute atomic E-state index is 0.141. The topological polar surface area (TPSA) is 95.3 Å². The molecule has 1 saturated heterocycles. The van der Waals surface area contributed by atoms with Gasteiger partial charge in [-0.25, -0.2) is 14.2 Å². The van der Waals surface area contributed by atoms with Gasteiger partial charge in [-0.3, -0.25) is 4.79 Å². The van der Waals surface area contributed by atoms with Crippen LogP contribution < -0.4 is 5.32 Å². The Bertz CT molecular complexity index is 1130. The molecule has 1 aromatic carbocycles.